The Kier molecular flexibility index (Phi) is 1.42. The molecule has 0 aromatic rings. The van der Waals surface area contributed by atoms with Gasteiger partial charge in [0.2, 0.25) is 0 Å². The van der Waals surface area contributed by atoms with Gasteiger partial charge in [-0.15, -0.1) is 11.8 Å². The first-order valence-electron chi connectivity index (χ1n) is 1.97. The molecule has 37 valence electrons. The average Bonchev–Trinajstić information content (AvgIpc) is 1.69. The fourth-order valence-electron chi connectivity index (χ4n) is 0.322. The van der Waals surface area contributed by atoms with E-state index >= 15 is 0 Å². The lowest BCUT2D eigenvalue weighted by atomic mass is 10.8. The summed E-state index contributed by atoms with van der Waals surface area (Å²) in [5.74, 6) is 0. The molecule has 0 aromatic heterocycles. The van der Waals surface area contributed by atoms with Crippen LogP contribution in [0.2, 0.25) is 0 Å². The number of hydrogen-bond acceptors (Lipinski definition) is 2. The topological polar surface area (TPSA) is 3.24 Å². The van der Waals surface area contributed by atoms with Crippen LogP contribution in [0.5, 0.6) is 0 Å². The third kappa shape index (κ3) is 1.27. The molecule has 1 heterocycles. The summed E-state index contributed by atoms with van der Waals surface area (Å²) < 4.78 is 0. The fraction of sp³-hybridized carbons (Fsp3) is 0. The largest absolute Gasteiger partial charge is 0.351 e. The Morgan fingerprint density at radius 2 is 1.86 bits per heavy atom. The van der Waals surface area contributed by atoms with Gasteiger partial charge in [0.1, 0.15) is 0 Å². The zero-order valence-electron chi connectivity index (χ0n) is 3.87. The molecule has 0 amide bonds. The van der Waals surface area contributed by atoms with E-state index in [9.17, 15) is 0 Å². The number of rotatable bonds is 0. The van der Waals surface area contributed by atoms with Crippen molar-refractivity contribution in [3.8, 4) is 0 Å². The highest BCUT2D eigenvalue weighted by molar-refractivity contribution is 8.04. The zero-order valence-corrected chi connectivity index (χ0v) is 4.69. The highest BCUT2D eigenvalue weighted by Gasteiger charge is 1.84. The molecule has 1 aliphatic heterocycles. The van der Waals surface area contributed by atoms with Crippen molar-refractivity contribution in [3.05, 3.63) is 30.3 Å². The maximum Gasteiger partial charge on any atom is 0.0399 e. The van der Waals surface area contributed by atoms with E-state index in [1.807, 2.05) is 23.2 Å². The van der Waals surface area contributed by atoms with Gasteiger partial charge in [-0.1, -0.05) is 0 Å². The van der Waals surface area contributed by atoms with Gasteiger partial charge in [0.15, 0.2) is 0 Å². The van der Waals surface area contributed by atoms with Gasteiger partial charge < -0.3 is 4.90 Å². The van der Waals surface area contributed by atoms with Gasteiger partial charge in [-0.25, -0.2) is 0 Å². The smallest absolute Gasteiger partial charge is 0.0399 e. The molecule has 0 spiro atoms. The van der Waals surface area contributed by atoms with Crippen molar-refractivity contribution >= 4 is 11.8 Å². The second kappa shape index (κ2) is 2.07. The van der Waals surface area contributed by atoms with Crippen LogP contribution in [-0.4, -0.2) is 4.90 Å². The lowest BCUT2D eigenvalue weighted by Crippen LogP contribution is -1.96. The van der Waals surface area contributed by atoms with E-state index in [0.717, 1.165) is 0 Å². The van der Waals surface area contributed by atoms with E-state index in [0.29, 0.717) is 0 Å². The highest BCUT2D eigenvalue weighted by Crippen LogP contribution is 2.10. The van der Waals surface area contributed by atoms with Crippen molar-refractivity contribution in [1.82, 2.24) is 4.90 Å². The molecule has 2 heteroatoms. The average molecular weight is 112 g/mol. The summed E-state index contributed by atoms with van der Waals surface area (Å²) in [5.41, 5.74) is 0. The van der Waals surface area contributed by atoms with E-state index in [1.54, 1.807) is 16.7 Å². The summed E-state index contributed by atoms with van der Waals surface area (Å²) in [5, 5.41) is 3.96. The van der Waals surface area contributed by atoms with Crippen molar-refractivity contribution in [2.75, 3.05) is 0 Å². The van der Waals surface area contributed by atoms with Crippen LogP contribution in [0, 0.1) is 7.05 Å². The third-order valence-electron chi connectivity index (χ3n) is 0.662. The molecule has 0 unspecified atom stereocenters. The summed E-state index contributed by atoms with van der Waals surface area (Å²) in [6.45, 7) is 0. The van der Waals surface area contributed by atoms with Crippen LogP contribution in [-0.2, 0) is 0 Å². The molecule has 0 N–H and O–H groups in total. The maximum absolute atomic E-state index is 3.64. The van der Waals surface area contributed by atoms with Gasteiger partial charge in [-0.2, -0.15) is 0 Å². The molecule has 1 nitrogen and oxygen atoms in total. The molecule has 7 heavy (non-hydrogen) atoms. The normalized spacial score (nSPS) is 18.1. The minimum Gasteiger partial charge on any atom is -0.351 e. The van der Waals surface area contributed by atoms with Gasteiger partial charge in [0.05, 0.1) is 0 Å². The van der Waals surface area contributed by atoms with Crippen LogP contribution in [0.15, 0.2) is 23.2 Å². The van der Waals surface area contributed by atoms with Crippen LogP contribution in [0.4, 0.5) is 0 Å². The molecule has 0 atom stereocenters. The zero-order chi connectivity index (χ0) is 5.11. The SMILES string of the molecule is [CH2]N1C=CSC=C1. The Hall–Kier alpha value is -0.370. The Morgan fingerprint density at radius 3 is 2.14 bits per heavy atom. The molecule has 1 radical (unpaired) electrons. The number of nitrogens with zero attached hydrogens (tertiary/aromatic N) is 1. The lowest BCUT2D eigenvalue weighted by Gasteiger charge is -2.07. The third-order valence-corrected chi connectivity index (χ3v) is 1.22. The van der Waals surface area contributed by atoms with Crippen molar-refractivity contribution in [2.45, 2.75) is 0 Å². The van der Waals surface area contributed by atoms with Crippen molar-refractivity contribution in [1.29, 1.82) is 0 Å². The summed E-state index contributed by atoms with van der Waals surface area (Å²) in [6, 6.07) is 0. The maximum atomic E-state index is 3.64. The fourth-order valence-corrected chi connectivity index (χ4v) is 0.866. The van der Waals surface area contributed by atoms with Crippen LogP contribution in [0.25, 0.3) is 0 Å². The number of hydrogen-bond donors (Lipinski definition) is 0. The van der Waals surface area contributed by atoms with E-state index in [4.69, 9.17) is 0 Å². The molecular formula is C5H6NS. The second-order valence-corrected chi connectivity index (χ2v) is 2.04. The first-order valence-corrected chi connectivity index (χ1v) is 2.91. The predicted molar refractivity (Wildman–Crippen MR) is 33.1 cm³/mol. The van der Waals surface area contributed by atoms with E-state index in [2.05, 4.69) is 7.05 Å². The van der Waals surface area contributed by atoms with Crippen LogP contribution >= 0.6 is 11.8 Å². The Balaban J connectivity index is 2.49. The molecule has 0 fully saturated rings. The quantitative estimate of drug-likeness (QED) is 0.470. The monoisotopic (exact) mass is 112 g/mol. The van der Waals surface area contributed by atoms with Gasteiger partial charge in [0.25, 0.3) is 0 Å². The van der Waals surface area contributed by atoms with Crippen molar-refractivity contribution in [3.63, 3.8) is 0 Å². The van der Waals surface area contributed by atoms with E-state index in [-0.39, 0.29) is 0 Å². The molecule has 1 aliphatic rings. The molecule has 0 saturated heterocycles. The molecule has 0 aromatic carbocycles. The summed E-state index contributed by atoms with van der Waals surface area (Å²) >= 11 is 1.66. The summed E-state index contributed by atoms with van der Waals surface area (Å²) in [4.78, 5) is 1.76. The van der Waals surface area contributed by atoms with Crippen molar-refractivity contribution < 1.29 is 0 Å². The van der Waals surface area contributed by atoms with E-state index < -0.39 is 0 Å². The second-order valence-electron chi connectivity index (χ2n) is 1.22. The van der Waals surface area contributed by atoms with Gasteiger partial charge >= 0.3 is 0 Å². The van der Waals surface area contributed by atoms with Crippen LogP contribution in [0.1, 0.15) is 0 Å². The van der Waals surface area contributed by atoms with Crippen LogP contribution < -0.4 is 0 Å². The first-order chi connectivity index (χ1) is 3.39. The van der Waals surface area contributed by atoms with Crippen molar-refractivity contribution in [2.24, 2.45) is 0 Å². The van der Waals surface area contributed by atoms with Crippen LogP contribution in [0.3, 0.4) is 0 Å². The Bertz CT molecular complexity index is 94.6. The van der Waals surface area contributed by atoms with Gasteiger partial charge in [-0.3, -0.25) is 0 Å². The molecule has 1 rings (SSSR count). The number of thioether (sulfide) groups is 1. The molecule has 0 saturated carbocycles. The molecule has 0 bridgehead atoms. The van der Waals surface area contributed by atoms with E-state index in [1.165, 1.54) is 0 Å². The summed E-state index contributed by atoms with van der Waals surface area (Å²) in [6.07, 6.45) is 3.81. The molecular weight excluding hydrogens is 106 g/mol. The van der Waals surface area contributed by atoms with Gasteiger partial charge in [-0.05, 0) is 10.8 Å². The first kappa shape index (κ1) is 4.78. The molecule has 0 aliphatic carbocycles. The lowest BCUT2D eigenvalue weighted by molar-refractivity contribution is 0.688. The Labute approximate surface area is 47.7 Å². The Morgan fingerprint density at radius 1 is 1.29 bits per heavy atom. The minimum absolute atomic E-state index is 1.66. The highest BCUT2D eigenvalue weighted by atomic mass is 32.2. The minimum atomic E-state index is 1.66. The van der Waals surface area contributed by atoms with Gasteiger partial charge in [0, 0.05) is 19.4 Å². The predicted octanol–water partition coefficient (Wildman–Crippen LogP) is 1.77. The standard InChI is InChI=1S/C5H6NS/c1-6-2-4-7-5-3-6/h2-5H,1H2. The summed E-state index contributed by atoms with van der Waals surface area (Å²) in [7, 11) is 3.64.